The number of hydrogen-bond donors (Lipinski definition) is 2. The van der Waals surface area contributed by atoms with Crippen molar-refractivity contribution in [1.82, 2.24) is 0 Å². The fourth-order valence-electron chi connectivity index (χ4n) is 13.1. The Kier molecular flexibility index (Phi) is 52.6. The smallest absolute Gasteiger partial charge is 0.320 e. The Balaban J connectivity index is 0.000000501. The van der Waals surface area contributed by atoms with Crippen LogP contribution < -0.4 is 0 Å². The van der Waals surface area contributed by atoms with Crippen molar-refractivity contribution in [3.05, 3.63) is 391 Å². The zero-order valence-corrected chi connectivity index (χ0v) is 66.9. The number of aldehydes is 2. The third-order valence-electron chi connectivity index (χ3n) is 18.8. The van der Waals surface area contributed by atoms with E-state index in [-0.39, 0.29) is 106 Å². The highest BCUT2D eigenvalue weighted by Gasteiger charge is 2.48. The molecule has 4 aliphatic rings. The van der Waals surface area contributed by atoms with Crippen LogP contribution in [0.1, 0.15) is 174 Å². The van der Waals surface area contributed by atoms with Crippen LogP contribution in [0.2, 0.25) is 0 Å². The first-order chi connectivity index (χ1) is 57.6. The molecule has 0 saturated heterocycles. The van der Waals surface area contributed by atoms with E-state index in [2.05, 4.69) is 24.3 Å². The van der Waals surface area contributed by atoms with E-state index in [1.165, 1.54) is 6.08 Å². The molecule has 0 radical (unpaired) electrons. The van der Waals surface area contributed by atoms with E-state index in [1.54, 1.807) is 0 Å². The lowest BCUT2D eigenvalue weighted by molar-refractivity contribution is -0.167. The Hall–Kier alpha value is -13.8. The monoisotopic (exact) mass is 1660 g/mol. The number of carboxylic acid groups (broad SMARTS) is 1. The molecule has 0 aliphatic heterocycles. The van der Waals surface area contributed by atoms with Gasteiger partial charge in [0.15, 0.2) is 17.5 Å². The number of aliphatic hydroxyl groups excluding tert-OH is 1. The van der Waals surface area contributed by atoms with Gasteiger partial charge in [-0.15, -0.1) is 6.42 Å². The molecule has 2 fully saturated rings. The van der Waals surface area contributed by atoms with Crippen LogP contribution in [0.3, 0.4) is 0 Å². The fraction of sp³-hybridized carbons (Fsp3) is 0.243. The molecular weight excluding hydrogens is 1540 g/mol. The van der Waals surface area contributed by atoms with E-state index in [0.717, 1.165) is 92.3 Å². The number of Topliss-reactive ketones (excluding diaryl/α,β-unsaturated/α-hetero) is 3. The van der Waals surface area contributed by atoms with Crippen LogP contribution in [0, 0.1) is 49.4 Å². The lowest BCUT2D eigenvalue weighted by atomic mass is 9.79. The van der Waals surface area contributed by atoms with Crippen LogP contribution in [0.25, 0.3) is 11.1 Å². The second-order valence-electron chi connectivity index (χ2n) is 27.3. The summed E-state index contributed by atoms with van der Waals surface area (Å²) in [6, 6.07) is 95.2. The molecule has 10 aromatic rings. The zero-order valence-electron chi connectivity index (χ0n) is 66.9. The summed E-state index contributed by atoms with van der Waals surface area (Å²) in [5.74, 6) is 3.58. The first-order valence-electron chi connectivity index (χ1n) is 39.0. The molecule has 123 heavy (non-hydrogen) atoms. The number of aliphatic carboxylic acids is 1. The second-order valence-corrected chi connectivity index (χ2v) is 27.3. The van der Waals surface area contributed by atoms with Gasteiger partial charge in [0.1, 0.15) is 51.2 Å². The molecule has 10 aromatic carbocycles. The van der Waals surface area contributed by atoms with Gasteiger partial charge in [-0.2, -0.15) is 0 Å². The van der Waals surface area contributed by atoms with Crippen molar-refractivity contribution in [2.75, 3.05) is 0 Å². The highest BCUT2D eigenvalue weighted by Crippen LogP contribution is 2.44. The summed E-state index contributed by atoms with van der Waals surface area (Å²) in [4.78, 5) is 115. The minimum absolute atomic E-state index is 0. The molecule has 0 amide bonds. The quantitative estimate of drug-likeness (QED) is 0.00935. The number of aliphatic hydroxyl groups is 1. The summed E-state index contributed by atoms with van der Waals surface area (Å²) < 4.78 is 21.1. The van der Waals surface area contributed by atoms with Crippen molar-refractivity contribution in [2.45, 2.75) is 151 Å². The maximum Gasteiger partial charge on any atom is 0.320 e. The Morgan fingerprint density at radius 1 is 0.463 bits per heavy atom. The first-order valence-corrected chi connectivity index (χ1v) is 39.0. The van der Waals surface area contributed by atoms with Crippen molar-refractivity contribution in [3.63, 3.8) is 0 Å². The van der Waals surface area contributed by atoms with Crippen LogP contribution in [0.5, 0.6) is 0 Å². The number of carboxylic acids is 1. The molecule has 2 N–H and O–H groups in total. The standard InChI is InChI=1S/C28H26O5.C17H16O4.C13H16O3.3C11H10O.C8H6.C3H4O.4CH4.CH3/c29-24-17-16-23(25(24)22-14-8-3-9-15-22)26(27(30)32-18-20-10-4-1-5-11-20)28(31)33-19-21-12-6-2-7-13-21;18-16(20-12-14-7-3-1-4-8-14)11-17(19)21-13-15-9-5-2-6-10-15;14-11-7-6-10(8-12(15)16)13(11)9-4-2-1-3-5-9;2*12-11-8-4-7-10(11)9-5-2-1-3-6-9;12-10-6-2-5-9-11-7-3-1-4-8-11;1-2-8-6-4-3-5-7-8;1-2-3-4;;;;;/h1-15,23,25-26H,16-19H2;1-10H,11-13H2;1-5,10-11,13-14H,6-8H2,(H,15,16);2*1-3,5-7H,4,8H2;1,3-4,7-8,10H,2,6H2;1,3-7H;2-3H,1H2;4*1H4;1H3/q;;;;;;;;;;;;-1. The number of hydrogen-bond acceptors (Lipinski definition) is 15. The summed E-state index contributed by atoms with van der Waals surface area (Å²) in [6.45, 7) is 3.54. The highest BCUT2D eigenvalue weighted by atomic mass is 16.6. The average Bonchev–Trinajstić information content (AvgIpc) is 1.66. The largest absolute Gasteiger partial charge is 0.481 e. The number of benzene rings is 10. The molecule has 16 heteroatoms. The summed E-state index contributed by atoms with van der Waals surface area (Å²) in [7, 11) is 0. The van der Waals surface area contributed by atoms with Gasteiger partial charge >= 0.3 is 29.8 Å². The molecule has 4 aliphatic carbocycles. The van der Waals surface area contributed by atoms with Crippen molar-refractivity contribution >= 4 is 70.9 Å². The van der Waals surface area contributed by atoms with Crippen LogP contribution in [0.4, 0.5) is 0 Å². The summed E-state index contributed by atoms with van der Waals surface area (Å²) >= 11 is 0. The predicted octanol–water partition coefficient (Wildman–Crippen LogP) is 21.6. The summed E-state index contributed by atoms with van der Waals surface area (Å²) in [6.07, 6.45) is 17.9. The number of carbonyl (C=O) groups excluding carboxylic acids is 9. The van der Waals surface area contributed by atoms with Crippen molar-refractivity contribution in [1.29, 1.82) is 0 Å². The van der Waals surface area contributed by atoms with Gasteiger partial charge in [0.05, 0.1) is 6.10 Å². The van der Waals surface area contributed by atoms with Gasteiger partial charge in [-0.05, 0) is 119 Å². The Bertz CT molecular complexity index is 4720. The molecule has 2 saturated carbocycles. The lowest BCUT2D eigenvalue weighted by Crippen LogP contribution is -2.36. The topological polar surface area (TPSA) is 248 Å². The molecule has 5 unspecified atom stereocenters. The Morgan fingerprint density at radius 2 is 0.813 bits per heavy atom. The lowest BCUT2D eigenvalue weighted by Gasteiger charge is -2.25. The number of carbonyl (C=O) groups is 10. The SMILES string of the molecule is C.C.C.C.C#Cc1ccccc1.C=CC=O.O=C(CC(=O)OCc1ccccc1)OCc1ccccc1.O=C(O)CC1CCC(O)C1c1ccccc1.O=C(OCc1ccccc1)C(C(=O)OCc1ccccc1)C1CCC(=O)C1c1ccccc1.O=C1CCC=C1c1ccccc1.O=C1CCC=C1c1ccccc1.O=CCCC#Cc1ccccc1.[CH3-]. The molecule has 16 nitrogen and oxygen atoms in total. The van der Waals surface area contributed by atoms with Gasteiger partial charge in [-0.3, -0.25) is 43.2 Å². The Labute approximate surface area is 728 Å². The maximum absolute atomic E-state index is 13.2. The van der Waals surface area contributed by atoms with Gasteiger partial charge in [0, 0.05) is 72.6 Å². The van der Waals surface area contributed by atoms with Crippen LogP contribution in [0.15, 0.2) is 328 Å². The number of ether oxygens (including phenoxy) is 4. The molecule has 14 rings (SSSR count). The van der Waals surface area contributed by atoms with E-state index in [9.17, 15) is 48.3 Å². The van der Waals surface area contributed by atoms with Gasteiger partial charge in [-0.25, -0.2) is 0 Å². The van der Waals surface area contributed by atoms with Crippen LogP contribution in [-0.4, -0.2) is 76.1 Å². The van der Waals surface area contributed by atoms with Gasteiger partial charge < -0.3 is 41.4 Å². The molecule has 0 bridgehead atoms. The minimum Gasteiger partial charge on any atom is -0.481 e. The third-order valence-corrected chi connectivity index (χ3v) is 18.8. The normalized spacial score (nSPS) is 14.9. The summed E-state index contributed by atoms with van der Waals surface area (Å²) in [5.41, 5.74) is 11.1. The molecule has 642 valence electrons. The van der Waals surface area contributed by atoms with Crippen molar-refractivity contribution < 1.29 is 77.1 Å². The van der Waals surface area contributed by atoms with Gasteiger partial charge in [0.25, 0.3) is 0 Å². The molecule has 5 atom stereocenters. The predicted molar refractivity (Wildman–Crippen MR) is 490 cm³/mol. The van der Waals surface area contributed by atoms with Gasteiger partial charge in [-0.1, -0.05) is 345 Å². The average molecular weight is 1660 g/mol. The zero-order chi connectivity index (χ0) is 84.2. The second kappa shape index (κ2) is 61.5. The molecule has 0 spiro atoms. The van der Waals surface area contributed by atoms with Crippen molar-refractivity contribution in [2.24, 2.45) is 17.8 Å². The minimum atomic E-state index is -1.17. The van der Waals surface area contributed by atoms with Crippen LogP contribution >= 0.6 is 0 Å². The first kappa shape index (κ1) is 105. The van der Waals surface area contributed by atoms with Crippen LogP contribution in [-0.2, 0) is 93.3 Å². The number of terminal acetylenes is 1. The number of allylic oxidation sites excluding steroid dienone is 5. The maximum atomic E-state index is 13.2. The molecule has 0 aromatic heterocycles. The molecule has 0 heterocycles. The van der Waals surface area contributed by atoms with Crippen molar-refractivity contribution in [3.8, 4) is 24.2 Å². The number of unbranched alkanes of at least 4 members (excludes halogenated alkanes) is 1. The number of ketones is 3. The van der Waals surface area contributed by atoms with E-state index < -0.39 is 53.7 Å². The summed E-state index contributed by atoms with van der Waals surface area (Å²) in [5, 5.41) is 18.8. The number of esters is 4. The van der Waals surface area contributed by atoms with E-state index in [4.69, 9.17) is 35.3 Å². The fourth-order valence-corrected chi connectivity index (χ4v) is 13.1. The number of rotatable bonds is 22. The Morgan fingerprint density at radius 3 is 1.15 bits per heavy atom. The van der Waals surface area contributed by atoms with Gasteiger partial charge in [0.2, 0.25) is 0 Å². The highest BCUT2D eigenvalue weighted by molar-refractivity contribution is 6.23. The van der Waals surface area contributed by atoms with E-state index in [0.29, 0.717) is 51.2 Å². The van der Waals surface area contributed by atoms with E-state index >= 15 is 0 Å². The third kappa shape index (κ3) is 38.9. The molecular formula is C107H117O16-. The van der Waals surface area contributed by atoms with E-state index in [1.807, 2.05) is 315 Å².